The summed E-state index contributed by atoms with van der Waals surface area (Å²) in [5, 5.41) is 5.35. The van der Waals surface area contributed by atoms with Gasteiger partial charge in [-0.15, -0.1) is 0 Å². The molecule has 3 nitrogen and oxygen atoms in total. The van der Waals surface area contributed by atoms with E-state index in [1.807, 2.05) is 0 Å². The number of benzene rings is 1. The molecule has 1 aliphatic rings. The Balaban J connectivity index is 2.29. The lowest BCUT2D eigenvalue weighted by atomic mass is 10.1. The second-order valence-corrected chi connectivity index (χ2v) is 3.15. The highest BCUT2D eigenvalue weighted by molar-refractivity contribution is 6.13. The molecule has 0 saturated heterocycles. The molecule has 0 saturated carbocycles. The van der Waals surface area contributed by atoms with Gasteiger partial charge in [-0.3, -0.25) is 4.79 Å². The summed E-state index contributed by atoms with van der Waals surface area (Å²) in [5.74, 6) is -0.323. The minimum atomic E-state index is -0.285. The van der Waals surface area contributed by atoms with Crippen LogP contribution in [0.2, 0.25) is 0 Å². The summed E-state index contributed by atoms with van der Waals surface area (Å²) >= 11 is 0. The Bertz CT molecular complexity index is 397. The Morgan fingerprint density at radius 3 is 2.50 bits per heavy atom. The van der Waals surface area contributed by atoms with Crippen LogP contribution in [0.3, 0.4) is 0 Å². The smallest absolute Gasteiger partial charge is 0.248 e. The summed E-state index contributed by atoms with van der Waals surface area (Å²) in [6.07, 6.45) is 0.294. The van der Waals surface area contributed by atoms with E-state index in [0.29, 0.717) is 12.1 Å². The molecule has 1 aromatic carbocycles. The van der Waals surface area contributed by atoms with Crippen LogP contribution in [0.4, 0.5) is 4.39 Å². The first kappa shape index (κ1) is 8.87. The molecule has 0 aromatic heterocycles. The second kappa shape index (κ2) is 3.21. The molecule has 0 N–H and O–H groups in total. The maximum Gasteiger partial charge on any atom is 0.248 e. The van der Waals surface area contributed by atoms with E-state index in [1.165, 1.54) is 17.1 Å². The maximum absolute atomic E-state index is 12.6. The molecule has 1 heterocycles. The lowest BCUT2D eigenvalue weighted by molar-refractivity contribution is -0.127. The monoisotopic (exact) mass is 192 g/mol. The first-order valence-corrected chi connectivity index (χ1v) is 4.27. The Hall–Kier alpha value is -1.71. The largest absolute Gasteiger partial charge is 0.273 e. The van der Waals surface area contributed by atoms with Gasteiger partial charge in [-0.1, -0.05) is 12.1 Å². The van der Waals surface area contributed by atoms with E-state index < -0.39 is 0 Å². The number of halogens is 1. The zero-order valence-electron chi connectivity index (χ0n) is 7.70. The van der Waals surface area contributed by atoms with Crippen molar-refractivity contribution in [3.05, 3.63) is 35.6 Å². The van der Waals surface area contributed by atoms with Crippen LogP contribution in [0.5, 0.6) is 0 Å². The Morgan fingerprint density at radius 2 is 2.00 bits per heavy atom. The zero-order chi connectivity index (χ0) is 10.1. The molecule has 0 bridgehead atoms. The van der Waals surface area contributed by atoms with Crippen LogP contribution in [0, 0.1) is 5.82 Å². The molecule has 72 valence electrons. The average Bonchev–Trinajstić information content (AvgIpc) is 2.48. The number of amides is 1. The van der Waals surface area contributed by atoms with Crippen molar-refractivity contribution in [3.63, 3.8) is 0 Å². The van der Waals surface area contributed by atoms with Crippen molar-refractivity contribution in [2.45, 2.75) is 6.42 Å². The molecular formula is C10H9FN2O. The fourth-order valence-electron chi connectivity index (χ4n) is 1.33. The van der Waals surface area contributed by atoms with E-state index in [-0.39, 0.29) is 11.7 Å². The Morgan fingerprint density at radius 1 is 1.36 bits per heavy atom. The summed E-state index contributed by atoms with van der Waals surface area (Å²) in [7, 11) is 1.61. The molecule has 2 rings (SSSR count). The lowest BCUT2D eigenvalue weighted by Crippen LogP contribution is -2.14. The highest BCUT2D eigenvalue weighted by Gasteiger charge is 2.21. The number of rotatable bonds is 1. The van der Waals surface area contributed by atoms with Gasteiger partial charge in [0.05, 0.1) is 12.1 Å². The van der Waals surface area contributed by atoms with Gasteiger partial charge in [0, 0.05) is 7.05 Å². The number of nitrogens with zero attached hydrogens (tertiary/aromatic N) is 2. The third kappa shape index (κ3) is 1.51. The van der Waals surface area contributed by atoms with Crippen LogP contribution >= 0.6 is 0 Å². The third-order valence-electron chi connectivity index (χ3n) is 2.13. The molecule has 1 aliphatic heterocycles. The summed E-state index contributed by atoms with van der Waals surface area (Å²) in [5.41, 5.74) is 1.49. The summed E-state index contributed by atoms with van der Waals surface area (Å²) in [6.45, 7) is 0. The number of carbonyl (C=O) groups excluding carboxylic acids is 1. The van der Waals surface area contributed by atoms with Gasteiger partial charge in [-0.05, 0) is 17.7 Å². The molecule has 14 heavy (non-hydrogen) atoms. The third-order valence-corrected chi connectivity index (χ3v) is 2.13. The van der Waals surface area contributed by atoms with E-state index in [4.69, 9.17) is 0 Å². The van der Waals surface area contributed by atoms with Crippen LogP contribution in [0.1, 0.15) is 12.0 Å². The summed E-state index contributed by atoms with van der Waals surface area (Å²) in [6, 6.07) is 5.97. The predicted molar refractivity (Wildman–Crippen MR) is 50.3 cm³/mol. The van der Waals surface area contributed by atoms with Crippen molar-refractivity contribution in [1.29, 1.82) is 0 Å². The van der Waals surface area contributed by atoms with Gasteiger partial charge < -0.3 is 0 Å². The van der Waals surface area contributed by atoms with Gasteiger partial charge in [0.25, 0.3) is 0 Å². The minimum absolute atomic E-state index is 0.0377. The Labute approximate surface area is 80.8 Å². The van der Waals surface area contributed by atoms with Gasteiger partial charge in [-0.25, -0.2) is 9.40 Å². The van der Waals surface area contributed by atoms with Gasteiger partial charge in [0.2, 0.25) is 5.91 Å². The quantitative estimate of drug-likeness (QED) is 0.661. The Kier molecular flexibility index (Phi) is 2.04. The molecule has 0 aliphatic carbocycles. The number of hydrogen-bond acceptors (Lipinski definition) is 2. The van der Waals surface area contributed by atoms with Crippen LogP contribution < -0.4 is 0 Å². The number of hydrogen-bond donors (Lipinski definition) is 0. The van der Waals surface area contributed by atoms with E-state index in [2.05, 4.69) is 5.10 Å². The van der Waals surface area contributed by atoms with Gasteiger partial charge in [0.15, 0.2) is 0 Å². The van der Waals surface area contributed by atoms with Gasteiger partial charge >= 0.3 is 0 Å². The van der Waals surface area contributed by atoms with Crippen LogP contribution in [-0.4, -0.2) is 23.7 Å². The van der Waals surface area contributed by atoms with Crippen molar-refractivity contribution < 1.29 is 9.18 Å². The van der Waals surface area contributed by atoms with Crippen molar-refractivity contribution in [1.82, 2.24) is 5.01 Å². The number of carbonyl (C=O) groups is 1. The number of hydrazone groups is 1. The fraction of sp³-hybridized carbons (Fsp3) is 0.200. The summed E-state index contributed by atoms with van der Waals surface area (Å²) < 4.78 is 12.6. The van der Waals surface area contributed by atoms with E-state index in [1.54, 1.807) is 19.2 Å². The molecule has 0 spiro atoms. The topological polar surface area (TPSA) is 32.7 Å². The molecule has 4 heteroatoms. The first-order chi connectivity index (χ1) is 6.66. The van der Waals surface area contributed by atoms with Crippen LogP contribution in [0.15, 0.2) is 29.4 Å². The standard InChI is InChI=1S/C10H9FN2O/c1-13-10(14)6-9(12-13)7-2-4-8(11)5-3-7/h2-5H,6H2,1H3. The molecular weight excluding hydrogens is 183 g/mol. The molecule has 0 radical (unpaired) electrons. The van der Waals surface area contributed by atoms with Crippen molar-refractivity contribution in [2.75, 3.05) is 7.05 Å². The maximum atomic E-state index is 12.6. The van der Waals surface area contributed by atoms with E-state index in [9.17, 15) is 9.18 Å². The normalized spacial score (nSPS) is 16.0. The zero-order valence-corrected chi connectivity index (χ0v) is 7.70. The van der Waals surface area contributed by atoms with Crippen LogP contribution in [0.25, 0.3) is 0 Å². The SMILES string of the molecule is CN1N=C(c2ccc(F)cc2)CC1=O. The lowest BCUT2D eigenvalue weighted by Gasteiger charge is -1.99. The molecule has 1 amide bonds. The van der Waals surface area contributed by atoms with Crippen LogP contribution in [-0.2, 0) is 4.79 Å². The molecule has 0 unspecified atom stereocenters. The van der Waals surface area contributed by atoms with E-state index in [0.717, 1.165) is 5.56 Å². The highest BCUT2D eigenvalue weighted by atomic mass is 19.1. The van der Waals surface area contributed by atoms with Crippen molar-refractivity contribution in [3.8, 4) is 0 Å². The van der Waals surface area contributed by atoms with Gasteiger partial charge in [-0.2, -0.15) is 5.10 Å². The minimum Gasteiger partial charge on any atom is -0.273 e. The summed E-state index contributed by atoms with van der Waals surface area (Å²) in [4.78, 5) is 11.2. The van der Waals surface area contributed by atoms with Crippen molar-refractivity contribution in [2.24, 2.45) is 5.10 Å². The predicted octanol–water partition coefficient (Wildman–Crippen LogP) is 1.39. The van der Waals surface area contributed by atoms with Gasteiger partial charge in [0.1, 0.15) is 5.82 Å². The van der Waals surface area contributed by atoms with Crippen molar-refractivity contribution >= 4 is 11.6 Å². The molecule has 0 fully saturated rings. The molecule has 0 atom stereocenters. The first-order valence-electron chi connectivity index (χ1n) is 4.27. The highest BCUT2D eigenvalue weighted by Crippen LogP contribution is 2.13. The second-order valence-electron chi connectivity index (χ2n) is 3.15. The van der Waals surface area contributed by atoms with E-state index >= 15 is 0 Å². The molecule has 1 aromatic rings. The average molecular weight is 192 g/mol. The fourth-order valence-corrected chi connectivity index (χ4v) is 1.33.